The number of fused-ring (bicyclic) bond motifs is 1. The Balaban J connectivity index is 1.73. The molecule has 1 aromatic heterocycles. The van der Waals surface area contributed by atoms with Crippen LogP contribution in [0.5, 0.6) is 0 Å². The largest absolute Gasteiger partial charge is 0.352 e. The minimum atomic E-state index is -3.65. The lowest BCUT2D eigenvalue weighted by Crippen LogP contribution is -2.12. The summed E-state index contributed by atoms with van der Waals surface area (Å²) in [7, 11) is -3.65. The van der Waals surface area contributed by atoms with E-state index in [4.69, 9.17) is 5.14 Å². The standard InChI is InChI=1S/C14H13BrN4O2S/c15-10-3-6-12-13(7-10)19-14(18-12)17-8-9-1-4-11(5-2-9)22(16,20)21/h1-7H,8H2,(H2,16,20,21)(H2,17,18,19). The van der Waals surface area contributed by atoms with Gasteiger partial charge in [0.2, 0.25) is 16.0 Å². The summed E-state index contributed by atoms with van der Waals surface area (Å²) in [5, 5.41) is 8.23. The molecule has 114 valence electrons. The van der Waals surface area contributed by atoms with Gasteiger partial charge in [0.05, 0.1) is 15.9 Å². The molecular formula is C14H13BrN4O2S. The molecule has 0 amide bonds. The van der Waals surface area contributed by atoms with Crippen molar-refractivity contribution in [3.8, 4) is 0 Å². The fourth-order valence-corrected chi connectivity index (χ4v) is 2.92. The van der Waals surface area contributed by atoms with E-state index < -0.39 is 10.0 Å². The van der Waals surface area contributed by atoms with Crippen LogP contribution in [0.15, 0.2) is 51.8 Å². The van der Waals surface area contributed by atoms with Crippen molar-refractivity contribution < 1.29 is 8.42 Å². The third-order valence-electron chi connectivity index (χ3n) is 3.16. The minimum Gasteiger partial charge on any atom is -0.352 e. The minimum absolute atomic E-state index is 0.102. The zero-order valence-corrected chi connectivity index (χ0v) is 13.8. The van der Waals surface area contributed by atoms with Crippen LogP contribution in [0.1, 0.15) is 5.56 Å². The first-order valence-corrected chi connectivity index (χ1v) is 8.77. The molecule has 4 N–H and O–H groups in total. The Kier molecular flexibility index (Phi) is 3.90. The molecule has 0 saturated heterocycles. The fourth-order valence-electron chi connectivity index (χ4n) is 2.05. The number of anilines is 1. The number of sulfonamides is 1. The van der Waals surface area contributed by atoms with Crippen LogP contribution in [-0.4, -0.2) is 18.4 Å². The summed E-state index contributed by atoms with van der Waals surface area (Å²) in [6.07, 6.45) is 0. The van der Waals surface area contributed by atoms with E-state index in [1.807, 2.05) is 18.2 Å². The second-order valence-corrected chi connectivity index (χ2v) is 7.27. The topological polar surface area (TPSA) is 101 Å². The summed E-state index contributed by atoms with van der Waals surface area (Å²) in [4.78, 5) is 7.70. The first-order chi connectivity index (χ1) is 10.4. The lowest BCUT2D eigenvalue weighted by Gasteiger charge is -2.04. The Morgan fingerprint density at radius 2 is 1.91 bits per heavy atom. The van der Waals surface area contributed by atoms with E-state index in [0.29, 0.717) is 12.5 Å². The molecule has 1 heterocycles. The van der Waals surface area contributed by atoms with Gasteiger partial charge in [0.25, 0.3) is 0 Å². The van der Waals surface area contributed by atoms with Gasteiger partial charge < -0.3 is 10.3 Å². The van der Waals surface area contributed by atoms with Crippen LogP contribution in [0.25, 0.3) is 11.0 Å². The normalized spacial score (nSPS) is 11.7. The number of primary sulfonamides is 1. The Labute approximate surface area is 135 Å². The van der Waals surface area contributed by atoms with Gasteiger partial charge in [-0.15, -0.1) is 0 Å². The van der Waals surface area contributed by atoms with E-state index in [1.165, 1.54) is 12.1 Å². The number of hydrogen-bond acceptors (Lipinski definition) is 4. The van der Waals surface area contributed by atoms with Crippen molar-refractivity contribution >= 4 is 42.9 Å². The Hall–Kier alpha value is -1.90. The number of halogens is 1. The number of imidazole rings is 1. The highest BCUT2D eigenvalue weighted by Gasteiger charge is 2.07. The predicted molar refractivity (Wildman–Crippen MR) is 88.9 cm³/mol. The first kappa shape index (κ1) is 15.0. The molecule has 0 saturated carbocycles. The van der Waals surface area contributed by atoms with E-state index >= 15 is 0 Å². The summed E-state index contributed by atoms with van der Waals surface area (Å²) in [6, 6.07) is 12.2. The third kappa shape index (κ3) is 3.29. The zero-order valence-electron chi connectivity index (χ0n) is 11.4. The van der Waals surface area contributed by atoms with Crippen molar-refractivity contribution in [3.63, 3.8) is 0 Å². The van der Waals surface area contributed by atoms with Gasteiger partial charge >= 0.3 is 0 Å². The van der Waals surface area contributed by atoms with E-state index in [-0.39, 0.29) is 4.90 Å². The molecule has 0 atom stereocenters. The second kappa shape index (κ2) is 5.71. The van der Waals surface area contributed by atoms with Crippen LogP contribution in [-0.2, 0) is 16.6 Å². The van der Waals surface area contributed by atoms with Gasteiger partial charge in [-0.1, -0.05) is 28.1 Å². The van der Waals surface area contributed by atoms with Crippen LogP contribution < -0.4 is 10.5 Å². The molecular weight excluding hydrogens is 368 g/mol. The highest BCUT2D eigenvalue weighted by molar-refractivity contribution is 9.10. The number of nitrogens with two attached hydrogens (primary N) is 1. The SMILES string of the molecule is NS(=O)(=O)c1ccc(CNc2nc3ccc(Br)cc3[nH]2)cc1. The van der Waals surface area contributed by atoms with E-state index in [1.54, 1.807) is 12.1 Å². The average molecular weight is 381 g/mol. The molecule has 22 heavy (non-hydrogen) atoms. The van der Waals surface area contributed by atoms with Gasteiger partial charge in [0.1, 0.15) is 0 Å². The molecule has 2 aromatic carbocycles. The van der Waals surface area contributed by atoms with Crippen LogP contribution in [0.2, 0.25) is 0 Å². The molecule has 0 spiro atoms. The number of nitrogens with zero attached hydrogens (tertiary/aromatic N) is 1. The summed E-state index contributed by atoms with van der Waals surface area (Å²) < 4.78 is 23.4. The quantitative estimate of drug-likeness (QED) is 0.647. The number of H-pyrrole nitrogens is 1. The van der Waals surface area contributed by atoms with Crippen molar-refractivity contribution in [3.05, 3.63) is 52.5 Å². The Bertz CT molecular complexity index is 920. The van der Waals surface area contributed by atoms with E-state index in [0.717, 1.165) is 21.1 Å². The summed E-state index contributed by atoms with van der Waals surface area (Å²) in [6.45, 7) is 0.520. The van der Waals surface area contributed by atoms with Gasteiger partial charge in [-0.2, -0.15) is 0 Å². The predicted octanol–water partition coefficient (Wildman–Crippen LogP) is 2.58. The maximum atomic E-state index is 11.2. The molecule has 6 nitrogen and oxygen atoms in total. The maximum absolute atomic E-state index is 11.2. The zero-order chi connectivity index (χ0) is 15.7. The van der Waals surface area contributed by atoms with Crippen LogP contribution in [0.3, 0.4) is 0 Å². The van der Waals surface area contributed by atoms with Crippen molar-refractivity contribution in [1.29, 1.82) is 0 Å². The van der Waals surface area contributed by atoms with Gasteiger partial charge in [-0.05, 0) is 35.9 Å². The van der Waals surface area contributed by atoms with Gasteiger partial charge in [0, 0.05) is 11.0 Å². The molecule has 8 heteroatoms. The molecule has 0 bridgehead atoms. The van der Waals surface area contributed by atoms with Crippen molar-refractivity contribution in [1.82, 2.24) is 9.97 Å². The molecule has 0 aliphatic carbocycles. The van der Waals surface area contributed by atoms with Gasteiger partial charge in [-0.25, -0.2) is 18.5 Å². The number of rotatable bonds is 4. The van der Waals surface area contributed by atoms with E-state index in [9.17, 15) is 8.42 Å². The Morgan fingerprint density at radius 3 is 2.59 bits per heavy atom. The highest BCUT2D eigenvalue weighted by Crippen LogP contribution is 2.19. The lowest BCUT2D eigenvalue weighted by molar-refractivity contribution is 0.598. The van der Waals surface area contributed by atoms with E-state index in [2.05, 4.69) is 31.2 Å². The van der Waals surface area contributed by atoms with Crippen molar-refractivity contribution in [2.75, 3.05) is 5.32 Å². The van der Waals surface area contributed by atoms with Crippen LogP contribution in [0.4, 0.5) is 5.95 Å². The molecule has 0 aliphatic rings. The average Bonchev–Trinajstić information content (AvgIpc) is 2.86. The van der Waals surface area contributed by atoms with Crippen LogP contribution in [0, 0.1) is 0 Å². The van der Waals surface area contributed by atoms with Gasteiger partial charge in [-0.3, -0.25) is 0 Å². The molecule has 0 fully saturated rings. The number of aromatic nitrogens is 2. The van der Waals surface area contributed by atoms with Crippen molar-refractivity contribution in [2.45, 2.75) is 11.4 Å². The Morgan fingerprint density at radius 1 is 1.18 bits per heavy atom. The summed E-state index contributed by atoms with van der Waals surface area (Å²) >= 11 is 3.41. The number of aromatic amines is 1. The molecule has 0 aliphatic heterocycles. The summed E-state index contributed by atoms with van der Waals surface area (Å²) in [5.41, 5.74) is 2.73. The lowest BCUT2D eigenvalue weighted by atomic mass is 10.2. The fraction of sp³-hybridized carbons (Fsp3) is 0.0714. The molecule has 3 aromatic rings. The summed E-state index contributed by atoms with van der Waals surface area (Å²) in [5.74, 6) is 0.656. The number of hydrogen-bond donors (Lipinski definition) is 3. The molecule has 0 radical (unpaired) electrons. The third-order valence-corrected chi connectivity index (χ3v) is 4.58. The number of nitrogens with one attached hydrogen (secondary N) is 2. The first-order valence-electron chi connectivity index (χ1n) is 6.43. The van der Waals surface area contributed by atoms with Crippen molar-refractivity contribution in [2.24, 2.45) is 5.14 Å². The van der Waals surface area contributed by atoms with Gasteiger partial charge in [0.15, 0.2) is 0 Å². The maximum Gasteiger partial charge on any atom is 0.238 e. The van der Waals surface area contributed by atoms with Crippen LogP contribution >= 0.6 is 15.9 Å². The second-order valence-electron chi connectivity index (χ2n) is 4.79. The monoisotopic (exact) mass is 380 g/mol. The molecule has 0 unspecified atom stereocenters. The smallest absolute Gasteiger partial charge is 0.238 e. The highest BCUT2D eigenvalue weighted by atomic mass is 79.9. The molecule has 3 rings (SSSR count). The number of benzene rings is 2.